The Kier molecular flexibility index (Phi) is 5.88. The van der Waals surface area contributed by atoms with Gasteiger partial charge in [-0.1, -0.05) is 30.3 Å². The molecule has 1 aromatic rings. The summed E-state index contributed by atoms with van der Waals surface area (Å²) in [6.45, 7) is 2.37. The van der Waals surface area contributed by atoms with E-state index >= 15 is 0 Å². The van der Waals surface area contributed by atoms with Crippen molar-refractivity contribution in [1.29, 1.82) is 0 Å². The molecule has 0 spiro atoms. The van der Waals surface area contributed by atoms with Gasteiger partial charge in [0.25, 0.3) is 0 Å². The maximum absolute atomic E-state index is 11.8. The molecule has 1 aliphatic heterocycles. The molecule has 0 aromatic heterocycles. The van der Waals surface area contributed by atoms with Crippen LogP contribution in [0, 0.1) is 0 Å². The van der Waals surface area contributed by atoms with Crippen LogP contribution in [0.3, 0.4) is 0 Å². The van der Waals surface area contributed by atoms with E-state index in [1.807, 2.05) is 30.3 Å². The zero-order valence-corrected chi connectivity index (χ0v) is 12.5. The molecule has 7 nitrogen and oxygen atoms in total. The zero-order chi connectivity index (χ0) is 15.9. The van der Waals surface area contributed by atoms with E-state index < -0.39 is 18.2 Å². The number of nitrogens with two attached hydrogens (primary N) is 1. The number of hydrogen-bond acceptors (Lipinski definition) is 6. The second-order valence-electron chi connectivity index (χ2n) is 4.93. The molecule has 1 fully saturated rings. The third kappa shape index (κ3) is 4.27. The third-order valence-electron chi connectivity index (χ3n) is 3.29. The summed E-state index contributed by atoms with van der Waals surface area (Å²) in [4.78, 5) is 29.0. The van der Waals surface area contributed by atoms with Crippen molar-refractivity contribution in [1.82, 2.24) is 10.4 Å². The Balaban J connectivity index is 2.05. The van der Waals surface area contributed by atoms with Gasteiger partial charge < -0.3 is 15.8 Å². The third-order valence-corrected chi connectivity index (χ3v) is 3.29. The molecule has 0 radical (unpaired) electrons. The monoisotopic (exact) mass is 307 g/mol. The number of nitrogens with zero attached hydrogens (tertiary/aromatic N) is 1. The van der Waals surface area contributed by atoms with Crippen LogP contribution in [0.15, 0.2) is 30.3 Å². The lowest BCUT2D eigenvalue weighted by Gasteiger charge is -2.23. The van der Waals surface area contributed by atoms with Gasteiger partial charge in [-0.25, -0.2) is 4.79 Å². The van der Waals surface area contributed by atoms with E-state index in [-0.39, 0.29) is 19.1 Å². The van der Waals surface area contributed by atoms with E-state index in [1.165, 1.54) is 0 Å². The molecule has 1 aliphatic rings. The lowest BCUT2D eigenvalue weighted by molar-refractivity contribution is -0.195. The average Bonchev–Trinajstić information content (AvgIpc) is 2.91. The number of esters is 1. The van der Waals surface area contributed by atoms with E-state index in [9.17, 15) is 9.59 Å². The number of carbonyl (C=O) groups excluding carboxylic acids is 2. The molecule has 22 heavy (non-hydrogen) atoms. The number of hydroxylamine groups is 2. The molecule has 120 valence electrons. The van der Waals surface area contributed by atoms with Crippen LogP contribution in [0.2, 0.25) is 0 Å². The van der Waals surface area contributed by atoms with Gasteiger partial charge in [-0.05, 0) is 12.5 Å². The van der Waals surface area contributed by atoms with Crippen LogP contribution in [0.4, 0.5) is 0 Å². The smallest absolute Gasteiger partial charge is 0.337 e. The molecule has 0 aliphatic carbocycles. The van der Waals surface area contributed by atoms with Gasteiger partial charge in [0.15, 0.2) is 6.10 Å². The van der Waals surface area contributed by atoms with Crippen LogP contribution in [-0.4, -0.2) is 42.4 Å². The number of amides is 1. The van der Waals surface area contributed by atoms with Crippen molar-refractivity contribution in [3.05, 3.63) is 35.9 Å². The fourth-order valence-electron chi connectivity index (χ4n) is 2.26. The molecule has 0 unspecified atom stereocenters. The topological polar surface area (TPSA) is 93.9 Å². The largest absolute Gasteiger partial charge is 0.464 e. The quantitative estimate of drug-likeness (QED) is 0.727. The summed E-state index contributed by atoms with van der Waals surface area (Å²) >= 11 is 0. The summed E-state index contributed by atoms with van der Waals surface area (Å²) in [6, 6.07) is 9.65. The van der Waals surface area contributed by atoms with Gasteiger partial charge in [0.05, 0.1) is 19.7 Å². The Morgan fingerprint density at radius 3 is 2.77 bits per heavy atom. The van der Waals surface area contributed by atoms with E-state index in [4.69, 9.17) is 15.3 Å². The van der Waals surface area contributed by atoms with Crippen LogP contribution in [0.25, 0.3) is 0 Å². The summed E-state index contributed by atoms with van der Waals surface area (Å²) in [5.74, 6) is -0.721. The number of rotatable bonds is 6. The van der Waals surface area contributed by atoms with E-state index in [0.717, 1.165) is 5.56 Å². The van der Waals surface area contributed by atoms with Crippen LogP contribution in [-0.2, 0) is 25.7 Å². The lowest BCUT2D eigenvalue weighted by atomic mass is 10.2. The van der Waals surface area contributed by atoms with Crippen LogP contribution in [0.1, 0.15) is 18.9 Å². The Morgan fingerprint density at radius 2 is 2.14 bits per heavy atom. The summed E-state index contributed by atoms with van der Waals surface area (Å²) in [6.07, 6.45) is -0.797. The Bertz CT molecular complexity index is 509. The summed E-state index contributed by atoms with van der Waals surface area (Å²) < 4.78 is 4.98. The highest BCUT2D eigenvalue weighted by Gasteiger charge is 2.39. The Hall–Kier alpha value is -1.96. The fourth-order valence-corrected chi connectivity index (χ4v) is 2.26. The lowest BCUT2D eigenvalue weighted by Crippen LogP contribution is -2.45. The van der Waals surface area contributed by atoms with Crippen molar-refractivity contribution < 1.29 is 19.2 Å². The van der Waals surface area contributed by atoms with Crippen molar-refractivity contribution >= 4 is 11.9 Å². The summed E-state index contributed by atoms with van der Waals surface area (Å²) in [7, 11) is 0. The summed E-state index contributed by atoms with van der Waals surface area (Å²) in [5, 5.41) is 4.34. The minimum Gasteiger partial charge on any atom is -0.464 e. The number of carbonyl (C=O) groups is 2. The highest BCUT2D eigenvalue weighted by molar-refractivity contribution is 5.78. The molecule has 1 aromatic carbocycles. The fraction of sp³-hybridized carbons (Fsp3) is 0.467. The highest BCUT2D eigenvalue weighted by Crippen LogP contribution is 2.23. The van der Waals surface area contributed by atoms with Gasteiger partial charge >= 0.3 is 5.97 Å². The van der Waals surface area contributed by atoms with Crippen molar-refractivity contribution in [2.45, 2.75) is 32.2 Å². The molecule has 7 heteroatoms. The molecule has 1 saturated heterocycles. The van der Waals surface area contributed by atoms with Gasteiger partial charge in [-0.2, -0.15) is 5.06 Å². The molecular weight excluding hydrogens is 286 g/mol. The van der Waals surface area contributed by atoms with Gasteiger partial charge in [-0.3, -0.25) is 9.63 Å². The first-order valence-electron chi connectivity index (χ1n) is 7.27. The van der Waals surface area contributed by atoms with E-state index in [2.05, 4.69) is 5.32 Å². The zero-order valence-electron chi connectivity index (χ0n) is 12.5. The van der Waals surface area contributed by atoms with E-state index in [0.29, 0.717) is 13.0 Å². The van der Waals surface area contributed by atoms with Crippen molar-refractivity contribution in [2.24, 2.45) is 5.73 Å². The molecule has 1 heterocycles. The first-order valence-corrected chi connectivity index (χ1v) is 7.27. The van der Waals surface area contributed by atoms with Crippen LogP contribution >= 0.6 is 0 Å². The van der Waals surface area contributed by atoms with Gasteiger partial charge in [0.1, 0.15) is 6.17 Å². The maximum Gasteiger partial charge on any atom is 0.337 e. The molecule has 1 amide bonds. The predicted octanol–water partition coefficient (Wildman–Crippen LogP) is 0.157. The summed E-state index contributed by atoms with van der Waals surface area (Å²) in [5.41, 5.74) is 6.34. The van der Waals surface area contributed by atoms with Crippen molar-refractivity contribution in [2.75, 3.05) is 13.2 Å². The SMILES string of the molecule is CCOC(=O)[C@H]1C[C@H](NC(=O)CN)N(Cc2ccccc2)O1. The minimum atomic E-state index is -0.716. The normalized spacial score (nSPS) is 21.5. The molecule has 2 rings (SSSR count). The molecule has 0 saturated carbocycles. The minimum absolute atomic E-state index is 0.111. The first kappa shape index (κ1) is 16.4. The van der Waals surface area contributed by atoms with Crippen molar-refractivity contribution in [3.8, 4) is 0 Å². The molecular formula is C15H21N3O4. The van der Waals surface area contributed by atoms with Crippen LogP contribution < -0.4 is 11.1 Å². The Morgan fingerprint density at radius 1 is 1.41 bits per heavy atom. The standard InChI is InChI=1S/C15H21N3O4/c1-2-21-15(20)12-8-13(17-14(19)9-16)18(22-12)10-11-6-4-3-5-7-11/h3-7,12-13H,2,8-10,16H2,1H3,(H,17,19)/t12-,13-/m1/s1. The van der Waals surface area contributed by atoms with Gasteiger partial charge in [-0.15, -0.1) is 0 Å². The van der Waals surface area contributed by atoms with Gasteiger partial charge in [0.2, 0.25) is 5.91 Å². The average molecular weight is 307 g/mol. The predicted molar refractivity (Wildman–Crippen MR) is 79.1 cm³/mol. The molecule has 0 bridgehead atoms. The van der Waals surface area contributed by atoms with Crippen molar-refractivity contribution in [3.63, 3.8) is 0 Å². The van der Waals surface area contributed by atoms with Gasteiger partial charge in [0, 0.05) is 6.42 Å². The molecule has 2 atom stereocenters. The maximum atomic E-state index is 11.8. The molecule has 3 N–H and O–H groups in total. The first-order chi connectivity index (χ1) is 10.6. The second-order valence-corrected chi connectivity index (χ2v) is 4.93. The van der Waals surface area contributed by atoms with Crippen LogP contribution in [0.5, 0.6) is 0 Å². The number of hydrogen-bond donors (Lipinski definition) is 2. The number of ether oxygens (including phenoxy) is 1. The number of benzene rings is 1. The highest BCUT2D eigenvalue weighted by atomic mass is 16.7. The number of nitrogens with one attached hydrogen (secondary N) is 1. The second kappa shape index (κ2) is 7.88. The van der Waals surface area contributed by atoms with E-state index in [1.54, 1.807) is 12.0 Å². The Labute approximate surface area is 129 Å².